The summed E-state index contributed by atoms with van der Waals surface area (Å²) < 4.78 is 75.2. The van der Waals surface area contributed by atoms with Gasteiger partial charge in [0.15, 0.2) is 4.90 Å². The number of nitrogens with zero attached hydrogens (tertiary/aromatic N) is 2. The van der Waals surface area contributed by atoms with Crippen molar-refractivity contribution >= 4 is 65.9 Å². The van der Waals surface area contributed by atoms with Crippen LogP contribution < -0.4 is 0 Å². The molecule has 2 rings (SSSR count). The van der Waals surface area contributed by atoms with Gasteiger partial charge in [0.1, 0.15) is 0 Å². The highest BCUT2D eigenvalue weighted by atomic mass is 33.1. The number of aromatic hydroxyl groups is 2. The van der Waals surface area contributed by atoms with Crippen LogP contribution in [0.1, 0.15) is 26.7 Å². The van der Waals surface area contributed by atoms with E-state index >= 15 is 0 Å². The molecule has 0 bridgehead atoms. The second-order valence-electron chi connectivity index (χ2n) is 6.24. The molecule has 2 amide bonds. The third-order valence-corrected chi connectivity index (χ3v) is 8.33. The van der Waals surface area contributed by atoms with E-state index in [1.807, 2.05) is 0 Å². The van der Waals surface area contributed by atoms with Gasteiger partial charge in [-0.3, -0.25) is 28.3 Å². The third-order valence-electron chi connectivity index (χ3n) is 4.07. The zero-order valence-corrected chi connectivity index (χ0v) is 20.2. The number of ether oxygens (including phenoxy) is 2. The third kappa shape index (κ3) is 4.81. The van der Waals surface area contributed by atoms with Gasteiger partial charge in [-0.05, 0) is 0 Å². The Kier molecular flexibility index (Phi) is 7.84. The van der Waals surface area contributed by atoms with Crippen molar-refractivity contribution in [2.45, 2.75) is 42.6 Å². The Morgan fingerprint density at radius 3 is 2.06 bits per heavy atom. The topological polar surface area (TPSA) is 244 Å². The lowest BCUT2D eigenvalue weighted by molar-refractivity contribution is -0.174. The first-order valence-corrected chi connectivity index (χ1v) is 13.7. The van der Waals surface area contributed by atoms with E-state index in [1.54, 1.807) is 0 Å². The normalized spacial score (nSPS) is 21.1. The zero-order chi connectivity index (χ0) is 26.2. The standard InChI is InChI=1S/C14H16N2O14S4/c1-3-8(18)29-10-12(21)16(13(22)14(10,34(26,27)28)30-9(19)4-2)32-31-15-7(17)5-6(11(15)20)33(23,24)25/h5,10,17,20H,3-4H2,1-2H3,(H,23,24,25)(H,26,27,28). The molecule has 16 nitrogen and oxygen atoms in total. The SMILES string of the molecule is CCC(=O)OC1C(=O)N(SSn2c(O)cc(S(=O)(=O)O)c2O)C(=O)C1(OC(=O)CC)S(=O)(=O)O. The van der Waals surface area contributed by atoms with Gasteiger partial charge in [0.05, 0.1) is 22.0 Å². The Hall–Kier alpha value is -2.52. The fraction of sp³-hybridized carbons (Fsp3) is 0.429. The van der Waals surface area contributed by atoms with Gasteiger partial charge in [0.2, 0.25) is 17.9 Å². The monoisotopic (exact) mass is 564 g/mol. The Bertz CT molecular complexity index is 1250. The average Bonchev–Trinajstić information content (AvgIpc) is 3.12. The molecule has 0 aliphatic carbocycles. The summed E-state index contributed by atoms with van der Waals surface area (Å²) in [6.07, 6.45) is -3.59. The van der Waals surface area contributed by atoms with Gasteiger partial charge >= 0.3 is 32.9 Å². The highest BCUT2D eigenvalue weighted by Gasteiger charge is 2.73. The first-order chi connectivity index (χ1) is 15.5. The molecular weight excluding hydrogens is 548 g/mol. The van der Waals surface area contributed by atoms with Crippen LogP contribution in [0.2, 0.25) is 0 Å². The highest BCUT2D eigenvalue weighted by molar-refractivity contribution is 8.75. The molecule has 2 unspecified atom stereocenters. The number of hydrogen-bond acceptors (Lipinski definition) is 14. The number of aromatic nitrogens is 1. The summed E-state index contributed by atoms with van der Waals surface area (Å²) in [7, 11) is -10.8. The molecular formula is C14H16N2O14S4. The number of rotatable bonds is 9. The van der Waals surface area contributed by atoms with Crippen molar-refractivity contribution < 1.29 is 64.8 Å². The molecule has 0 radical (unpaired) electrons. The Balaban J connectivity index is 2.54. The Morgan fingerprint density at radius 1 is 1.06 bits per heavy atom. The number of hydrogen-bond donors (Lipinski definition) is 4. The van der Waals surface area contributed by atoms with Crippen molar-refractivity contribution in [1.82, 2.24) is 8.28 Å². The maximum Gasteiger partial charge on any atom is 0.360 e. The molecule has 1 saturated heterocycles. The molecule has 1 aromatic heterocycles. The van der Waals surface area contributed by atoms with E-state index in [0.717, 1.165) is 0 Å². The molecule has 1 fully saturated rings. The quantitative estimate of drug-likeness (QED) is 0.0964. The lowest BCUT2D eigenvalue weighted by Crippen LogP contribution is -2.57. The predicted octanol–water partition coefficient (Wildman–Crippen LogP) is -0.567. The van der Waals surface area contributed by atoms with Crippen molar-refractivity contribution in [3.05, 3.63) is 6.07 Å². The molecule has 1 aliphatic heterocycles. The minimum absolute atomic E-state index is 0.0129. The number of imide groups is 1. The highest BCUT2D eigenvalue weighted by Crippen LogP contribution is 2.46. The van der Waals surface area contributed by atoms with Crippen molar-refractivity contribution in [3.8, 4) is 11.8 Å². The zero-order valence-electron chi connectivity index (χ0n) is 17.0. The van der Waals surface area contributed by atoms with Gasteiger partial charge in [-0.2, -0.15) is 16.8 Å². The maximum atomic E-state index is 13.0. The molecule has 0 spiro atoms. The minimum atomic E-state index is -5.77. The fourth-order valence-corrected chi connectivity index (χ4v) is 6.14. The van der Waals surface area contributed by atoms with Crippen molar-refractivity contribution in [3.63, 3.8) is 0 Å². The first kappa shape index (κ1) is 27.7. The van der Waals surface area contributed by atoms with E-state index < -0.39 is 84.5 Å². The second kappa shape index (κ2) is 9.62. The molecule has 0 aromatic carbocycles. The summed E-state index contributed by atoms with van der Waals surface area (Å²) in [5.74, 6) is -8.28. The molecule has 34 heavy (non-hydrogen) atoms. The van der Waals surface area contributed by atoms with Gasteiger partial charge in [-0.25, -0.2) is 8.28 Å². The predicted molar refractivity (Wildman–Crippen MR) is 111 cm³/mol. The van der Waals surface area contributed by atoms with Crippen LogP contribution in [-0.2, 0) is 48.9 Å². The lowest BCUT2D eigenvalue weighted by atomic mass is 10.2. The number of carbonyl (C=O) groups excluding carboxylic acids is 4. The minimum Gasteiger partial charge on any atom is -0.494 e. The van der Waals surface area contributed by atoms with Crippen LogP contribution in [-0.4, -0.2) is 79.2 Å². The van der Waals surface area contributed by atoms with E-state index in [9.17, 15) is 50.8 Å². The first-order valence-electron chi connectivity index (χ1n) is 8.75. The van der Waals surface area contributed by atoms with E-state index in [1.165, 1.54) is 13.8 Å². The summed E-state index contributed by atoms with van der Waals surface area (Å²) in [6.45, 7) is 2.45. The van der Waals surface area contributed by atoms with Crippen LogP contribution in [0.15, 0.2) is 11.0 Å². The fourth-order valence-electron chi connectivity index (χ4n) is 2.45. The maximum absolute atomic E-state index is 13.0. The second-order valence-corrected chi connectivity index (χ2v) is 11.1. The average molecular weight is 565 g/mol. The van der Waals surface area contributed by atoms with Gasteiger partial charge in [0.25, 0.3) is 16.0 Å². The van der Waals surface area contributed by atoms with E-state index in [2.05, 4.69) is 4.74 Å². The summed E-state index contributed by atoms with van der Waals surface area (Å²) in [4.78, 5) is 44.6. The van der Waals surface area contributed by atoms with Crippen LogP contribution in [0.4, 0.5) is 0 Å². The molecule has 2 heterocycles. The van der Waals surface area contributed by atoms with Crippen molar-refractivity contribution in [2.75, 3.05) is 0 Å². The Labute approximate surface area is 199 Å². The van der Waals surface area contributed by atoms with Crippen LogP contribution >= 0.6 is 22.0 Å². The van der Waals surface area contributed by atoms with E-state index in [-0.39, 0.29) is 26.3 Å². The molecule has 2 atom stereocenters. The van der Waals surface area contributed by atoms with Gasteiger partial charge in [-0.1, -0.05) is 13.8 Å². The van der Waals surface area contributed by atoms with Crippen LogP contribution in [0, 0.1) is 0 Å². The largest absolute Gasteiger partial charge is 0.494 e. The number of esters is 2. The molecule has 0 saturated carbocycles. The summed E-state index contributed by atoms with van der Waals surface area (Å²) in [5, 5.41) is 19.7. The number of amides is 2. The Morgan fingerprint density at radius 2 is 1.62 bits per heavy atom. The van der Waals surface area contributed by atoms with Crippen LogP contribution in [0.3, 0.4) is 0 Å². The van der Waals surface area contributed by atoms with E-state index in [0.29, 0.717) is 10.0 Å². The molecule has 190 valence electrons. The lowest BCUT2D eigenvalue weighted by Gasteiger charge is -2.27. The molecule has 1 aliphatic rings. The summed E-state index contributed by atoms with van der Waals surface area (Å²) in [6, 6.07) is 0.420. The summed E-state index contributed by atoms with van der Waals surface area (Å²) in [5.41, 5.74) is 0. The van der Waals surface area contributed by atoms with E-state index in [4.69, 9.17) is 9.29 Å². The molecule has 1 aromatic rings. The van der Waals surface area contributed by atoms with Crippen molar-refractivity contribution in [1.29, 1.82) is 0 Å². The molecule has 20 heteroatoms. The summed E-state index contributed by atoms with van der Waals surface area (Å²) >= 11 is 0. The van der Waals surface area contributed by atoms with Crippen LogP contribution in [0.5, 0.6) is 11.8 Å². The number of carbonyl (C=O) groups is 4. The van der Waals surface area contributed by atoms with Gasteiger partial charge in [0, 0.05) is 18.9 Å². The van der Waals surface area contributed by atoms with Gasteiger partial charge < -0.3 is 19.7 Å². The van der Waals surface area contributed by atoms with Gasteiger partial charge in [-0.15, -0.1) is 0 Å². The van der Waals surface area contributed by atoms with Crippen molar-refractivity contribution in [2.24, 2.45) is 0 Å². The van der Waals surface area contributed by atoms with Crippen LogP contribution in [0.25, 0.3) is 0 Å². The smallest absolute Gasteiger partial charge is 0.360 e. The molecule has 4 N–H and O–H groups in total.